The molecule has 0 aromatic heterocycles. The summed E-state index contributed by atoms with van der Waals surface area (Å²) in [5.41, 5.74) is 1.26. The molecule has 0 aliphatic rings. The highest BCUT2D eigenvalue weighted by Crippen LogP contribution is 2.37. The summed E-state index contributed by atoms with van der Waals surface area (Å²) in [5.74, 6) is -2.74. The largest absolute Gasteiger partial charge is 0.504 e. The molecule has 0 amide bonds. The van der Waals surface area contributed by atoms with Gasteiger partial charge in [-0.3, -0.25) is 0 Å². The number of carboxylic acid groups (broad SMARTS) is 1. The van der Waals surface area contributed by atoms with Gasteiger partial charge in [-0.15, -0.1) is 5.11 Å². The van der Waals surface area contributed by atoms with Gasteiger partial charge >= 0.3 is 5.97 Å². The van der Waals surface area contributed by atoms with Crippen LogP contribution in [-0.2, 0) is 0 Å². The van der Waals surface area contributed by atoms with Crippen molar-refractivity contribution in [1.29, 1.82) is 0 Å². The Balaban J connectivity index is 2.19. The van der Waals surface area contributed by atoms with Gasteiger partial charge in [0, 0.05) is 5.28 Å². The van der Waals surface area contributed by atoms with E-state index in [9.17, 15) is 15.0 Å². The Labute approximate surface area is 119 Å². The quantitative estimate of drug-likeness (QED) is 0.591. The highest BCUT2D eigenvalue weighted by molar-refractivity contribution is 5.89. The van der Waals surface area contributed by atoms with Gasteiger partial charge in [0.15, 0.2) is 11.5 Å². The SMILES string of the molecule is Cc1cccc(N=NOc2c(O)cc(C(=O)O)cc2O)c1. The molecule has 21 heavy (non-hydrogen) atoms. The molecule has 0 radical (unpaired) electrons. The zero-order chi connectivity index (χ0) is 15.4. The molecular formula is C14H12N2O5. The predicted molar refractivity (Wildman–Crippen MR) is 73.1 cm³/mol. The van der Waals surface area contributed by atoms with Gasteiger partial charge in [-0.05, 0) is 36.8 Å². The number of phenols is 2. The van der Waals surface area contributed by atoms with E-state index in [1.807, 2.05) is 13.0 Å². The molecule has 0 aliphatic heterocycles. The van der Waals surface area contributed by atoms with E-state index < -0.39 is 17.5 Å². The van der Waals surface area contributed by atoms with Crippen molar-refractivity contribution in [1.82, 2.24) is 0 Å². The fraction of sp³-hybridized carbons (Fsp3) is 0.0714. The van der Waals surface area contributed by atoms with Gasteiger partial charge in [0.1, 0.15) is 0 Å². The highest BCUT2D eigenvalue weighted by atomic mass is 16.7. The lowest BCUT2D eigenvalue weighted by Gasteiger charge is -2.05. The van der Waals surface area contributed by atoms with Crippen molar-refractivity contribution in [2.45, 2.75) is 6.92 Å². The van der Waals surface area contributed by atoms with Gasteiger partial charge < -0.3 is 20.2 Å². The number of phenolic OH excluding ortho intramolecular Hbond substituents is 2. The molecule has 0 saturated heterocycles. The lowest BCUT2D eigenvalue weighted by atomic mass is 10.2. The van der Waals surface area contributed by atoms with Gasteiger partial charge in [-0.1, -0.05) is 12.1 Å². The Morgan fingerprint density at radius 2 is 1.81 bits per heavy atom. The molecule has 108 valence electrons. The molecule has 0 atom stereocenters. The molecule has 0 spiro atoms. The number of carbonyl (C=O) groups is 1. The van der Waals surface area contributed by atoms with Crippen LogP contribution in [0.4, 0.5) is 5.69 Å². The van der Waals surface area contributed by atoms with E-state index in [-0.39, 0.29) is 11.3 Å². The molecule has 7 heteroatoms. The summed E-state index contributed by atoms with van der Waals surface area (Å²) < 4.78 is 0. The van der Waals surface area contributed by atoms with Crippen molar-refractivity contribution in [3.05, 3.63) is 47.5 Å². The minimum absolute atomic E-state index is 0.270. The van der Waals surface area contributed by atoms with Crippen LogP contribution in [0.15, 0.2) is 46.8 Å². The summed E-state index contributed by atoms with van der Waals surface area (Å²) in [4.78, 5) is 15.6. The van der Waals surface area contributed by atoms with E-state index in [0.717, 1.165) is 17.7 Å². The molecular weight excluding hydrogens is 276 g/mol. The molecule has 0 fully saturated rings. The summed E-state index contributed by atoms with van der Waals surface area (Å²) in [6.07, 6.45) is 0. The number of aryl methyl sites for hydroxylation is 1. The van der Waals surface area contributed by atoms with E-state index in [2.05, 4.69) is 10.4 Å². The smallest absolute Gasteiger partial charge is 0.335 e. The highest BCUT2D eigenvalue weighted by Gasteiger charge is 2.15. The van der Waals surface area contributed by atoms with Crippen molar-refractivity contribution in [3.8, 4) is 17.2 Å². The maximum absolute atomic E-state index is 10.7. The molecule has 2 aromatic rings. The summed E-state index contributed by atoms with van der Waals surface area (Å²) in [7, 11) is 0. The zero-order valence-corrected chi connectivity index (χ0v) is 11.0. The van der Waals surface area contributed by atoms with Crippen LogP contribution in [0.2, 0.25) is 0 Å². The molecule has 0 heterocycles. The second-order valence-corrected chi connectivity index (χ2v) is 4.26. The molecule has 0 aliphatic carbocycles. The average Bonchev–Trinajstić information content (AvgIpc) is 2.41. The number of benzene rings is 2. The first-order chi connectivity index (χ1) is 9.97. The van der Waals surface area contributed by atoms with Crippen LogP contribution in [0.1, 0.15) is 15.9 Å². The first-order valence-electron chi connectivity index (χ1n) is 5.91. The van der Waals surface area contributed by atoms with Crippen LogP contribution < -0.4 is 4.84 Å². The lowest BCUT2D eigenvalue weighted by molar-refractivity contribution is 0.0695. The molecule has 2 aromatic carbocycles. The first kappa shape index (κ1) is 14.3. The van der Waals surface area contributed by atoms with E-state index in [1.54, 1.807) is 18.2 Å². The predicted octanol–water partition coefficient (Wildman–Crippen LogP) is 3.18. The molecule has 7 nitrogen and oxygen atoms in total. The monoisotopic (exact) mass is 288 g/mol. The maximum atomic E-state index is 10.7. The number of hydrogen-bond acceptors (Lipinski definition) is 6. The second kappa shape index (κ2) is 5.91. The van der Waals surface area contributed by atoms with E-state index in [0.29, 0.717) is 5.69 Å². The first-order valence-corrected chi connectivity index (χ1v) is 5.91. The minimum atomic E-state index is -1.28. The topological polar surface area (TPSA) is 112 Å². The minimum Gasteiger partial charge on any atom is -0.504 e. The number of aromatic carboxylic acids is 1. The van der Waals surface area contributed by atoms with Crippen molar-refractivity contribution in [2.24, 2.45) is 10.4 Å². The molecule has 3 N–H and O–H groups in total. The summed E-state index contributed by atoms with van der Waals surface area (Å²) in [5, 5.41) is 35.2. The third kappa shape index (κ3) is 3.47. The number of hydrogen-bond donors (Lipinski definition) is 3. The molecule has 0 unspecified atom stereocenters. The number of carboxylic acids is 1. The van der Waals surface area contributed by atoms with Gasteiger partial charge in [0.2, 0.25) is 5.75 Å². The van der Waals surface area contributed by atoms with Crippen molar-refractivity contribution in [2.75, 3.05) is 0 Å². The number of rotatable bonds is 4. The van der Waals surface area contributed by atoms with Crippen LogP contribution in [-0.4, -0.2) is 21.3 Å². The van der Waals surface area contributed by atoms with Gasteiger partial charge in [-0.2, -0.15) is 0 Å². The van der Waals surface area contributed by atoms with Gasteiger partial charge in [0.05, 0.1) is 11.3 Å². The fourth-order valence-corrected chi connectivity index (χ4v) is 1.61. The Morgan fingerprint density at radius 1 is 1.14 bits per heavy atom. The normalized spacial score (nSPS) is 10.7. The Hall–Kier alpha value is -3.09. The Bertz CT molecular complexity index is 689. The fourth-order valence-electron chi connectivity index (χ4n) is 1.61. The third-order valence-electron chi connectivity index (χ3n) is 2.59. The molecule has 2 rings (SSSR count). The van der Waals surface area contributed by atoms with Crippen molar-refractivity contribution in [3.63, 3.8) is 0 Å². The van der Waals surface area contributed by atoms with Crippen LogP contribution in [0.3, 0.4) is 0 Å². The summed E-state index contributed by atoms with van der Waals surface area (Å²) in [6, 6.07) is 9.04. The van der Waals surface area contributed by atoms with E-state index in [1.165, 1.54) is 0 Å². The lowest BCUT2D eigenvalue weighted by Crippen LogP contribution is -1.96. The van der Waals surface area contributed by atoms with Crippen LogP contribution >= 0.6 is 0 Å². The Kier molecular flexibility index (Phi) is 4.03. The maximum Gasteiger partial charge on any atom is 0.335 e. The molecule has 0 bridgehead atoms. The standard InChI is InChI=1S/C14H12N2O5/c1-8-3-2-4-10(5-8)15-16-21-13-11(17)6-9(14(19)20)7-12(13)18/h2-7,17-18H,1H3,(H,19,20). The summed E-state index contributed by atoms with van der Waals surface area (Å²) >= 11 is 0. The Morgan fingerprint density at radius 3 is 2.38 bits per heavy atom. The van der Waals surface area contributed by atoms with E-state index in [4.69, 9.17) is 9.94 Å². The van der Waals surface area contributed by atoms with Gasteiger partial charge in [0.25, 0.3) is 0 Å². The number of aromatic hydroxyl groups is 2. The van der Waals surface area contributed by atoms with E-state index >= 15 is 0 Å². The van der Waals surface area contributed by atoms with Crippen LogP contribution in [0, 0.1) is 6.92 Å². The second-order valence-electron chi connectivity index (χ2n) is 4.26. The average molecular weight is 288 g/mol. The van der Waals surface area contributed by atoms with Crippen LogP contribution in [0.5, 0.6) is 17.2 Å². The number of nitrogens with zero attached hydrogens (tertiary/aromatic N) is 2. The molecule has 0 saturated carbocycles. The third-order valence-corrected chi connectivity index (χ3v) is 2.59. The van der Waals surface area contributed by atoms with Crippen molar-refractivity contribution < 1.29 is 25.0 Å². The summed E-state index contributed by atoms with van der Waals surface area (Å²) in [6.45, 7) is 1.89. The van der Waals surface area contributed by atoms with Gasteiger partial charge in [-0.25, -0.2) is 4.79 Å². The zero-order valence-electron chi connectivity index (χ0n) is 11.0. The van der Waals surface area contributed by atoms with Crippen LogP contribution in [0.25, 0.3) is 0 Å². The van der Waals surface area contributed by atoms with Crippen molar-refractivity contribution >= 4 is 11.7 Å².